The van der Waals surface area contributed by atoms with Crippen LogP contribution in [0.15, 0.2) is 18.3 Å². The van der Waals surface area contributed by atoms with Gasteiger partial charge in [0.05, 0.1) is 11.4 Å². The van der Waals surface area contributed by atoms with Crippen LogP contribution in [0.5, 0.6) is 0 Å². The van der Waals surface area contributed by atoms with Crippen LogP contribution < -0.4 is 11.1 Å². The molecular formula is C10H15N3O3S. The lowest BCUT2D eigenvalue weighted by molar-refractivity contribution is -0.118. The number of aromatic nitrogens is 1. The van der Waals surface area contributed by atoms with Crippen LogP contribution in [0.4, 0.5) is 0 Å². The second-order valence-electron chi connectivity index (χ2n) is 3.56. The van der Waals surface area contributed by atoms with Gasteiger partial charge in [-0.25, -0.2) is 8.42 Å². The maximum atomic E-state index is 11.7. The van der Waals surface area contributed by atoms with Gasteiger partial charge in [0.1, 0.15) is 5.75 Å². The zero-order chi connectivity index (χ0) is 12.9. The molecule has 0 aliphatic carbocycles. The molecule has 0 saturated heterocycles. The number of hydrogen-bond acceptors (Lipinski definition) is 5. The highest BCUT2D eigenvalue weighted by Gasteiger charge is 2.16. The molecule has 0 unspecified atom stereocenters. The molecule has 6 nitrogen and oxygen atoms in total. The lowest BCUT2D eigenvalue weighted by Gasteiger charge is -2.04. The van der Waals surface area contributed by atoms with Crippen molar-refractivity contribution in [3.8, 4) is 0 Å². The normalized spacial score (nSPS) is 11.2. The van der Waals surface area contributed by atoms with E-state index in [4.69, 9.17) is 5.73 Å². The molecule has 1 aromatic rings. The van der Waals surface area contributed by atoms with Crippen molar-refractivity contribution in [3.05, 3.63) is 29.6 Å². The molecular weight excluding hydrogens is 242 g/mol. The fraction of sp³-hybridized carbons (Fsp3) is 0.400. The molecule has 0 fully saturated rings. The van der Waals surface area contributed by atoms with E-state index >= 15 is 0 Å². The summed E-state index contributed by atoms with van der Waals surface area (Å²) >= 11 is 0. The van der Waals surface area contributed by atoms with Crippen LogP contribution in [0.1, 0.15) is 11.3 Å². The van der Waals surface area contributed by atoms with Crippen LogP contribution in [0.25, 0.3) is 0 Å². The van der Waals surface area contributed by atoms with Crippen molar-refractivity contribution in [3.63, 3.8) is 0 Å². The van der Waals surface area contributed by atoms with Crippen LogP contribution in [-0.4, -0.2) is 32.1 Å². The first-order valence-electron chi connectivity index (χ1n) is 5.01. The summed E-state index contributed by atoms with van der Waals surface area (Å²) in [6, 6.07) is 3.22. The molecule has 0 bridgehead atoms. The van der Waals surface area contributed by atoms with Gasteiger partial charge in [-0.3, -0.25) is 9.78 Å². The molecule has 0 aliphatic heterocycles. The van der Waals surface area contributed by atoms with Crippen molar-refractivity contribution in [1.29, 1.82) is 0 Å². The molecule has 1 amide bonds. The largest absolute Gasteiger partial charge is 0.358 e. The van der Waals surface area contributed by atoms with Gasteiger partial charge in [0, 0.05) is 19.8 Å². The Morgan fingerprint density at radius 2 is 2.24 bits per heavy atom. The minimum atomic E-state index is -3.45. The maximum absolute atomic E-state index is 11.7. The second kappa shape index (κ2) is 5.74. The quantitative estimate of drug-likeness (QED) is 0.719. The van der Waals surface area contributed by atoms with Crippen molar-refractivity contribution < 1.29 is 13.2 Å². The van der Waals surface area contributed by atoms with E-state index in [2.05, 4.69) is 10.3 Å². The van der Waals surface area contributed by atoms with Crippen molar-refractivity contribution >= 4 is 15.7 Å². The summed E-state index contributed by atoms with van der Waals surface area (Å²) in [5.41, 5.74) is 6.62. The van der Waals surface area contributed by atoms with Crippen LogP contribution in [-0.2, 0) is 26.9 Å². The van der Waals surface area contributed by atoms with E-state index in [-0.39, 0.29) is 12.3 Å². The molecule has 1 aromatic heterocycles. The number of sulfone groups is 1. The van der Waals surface area contributed by atoms with E-state index in [0.717, 1.165) is 0 Å². The van der Waals surface area contributed by atoms with E-state index in [1.54, 1.807) is 12.1 Å². The molecule has 17 heavy (non-hydrogen) atoms. The van der Waals surface area contributed by atoms with Crippen LogP contribution in [0.3, 0.4) is 0 Å². The fourth-order valence-electron chi connectivity index (χ4n) is 1.31. The van der Waals surface area contributed by atoms with Crippen molar-refractivity contribution in [2.75, 3.05) is 12.8 Å². The SMILES string of the molecule is CNC(=O)CS(=O)(=O)Cc1ccnc(CN)c1. The molecule has 1 rings (SSSR count). The highest BCUT2D eigenvalue weighted by Crippen LogP contribution is 2.07. The number of nitrogens with two attached hydrogens (primary N) is 1. The van der Waals surface area contributed by atoms with Crippen LogP contribution in [0.2, 0.25) is 0 Å². The summed E-state index contributed by atoms with van der Waals surface area (Å²) in [5, 5.41) is 2.28. The molecule has 7 heteroatoms. The molecule has 0 saturated carbocycles. The molecule has 0 spiro atoms. The number of amides is 1. The predicted octanol–water partition coefficient (Wildman–Crippen LogP) is -0.799. The first-order valence-corrected chi connectivity index (χ1v) is 6.84. The third-order valence-electron chi connectivity index (χ3n) is 2.11. The third kappa shape index (κ3) is 4.49. The number of nitrogens with one attached hydrogen (secondary N) is 1. The van der Waals surface area contributed by atoms with Gasteiger partial charge >= 0.3 is 0 Å². The number of nitrogens with zero attached hydrogens (tertiary/aromatic N) is 1. The van der Waals surface area contributed by atoms with Gasteiger partial charge in [-0.05, 0) is 17.7 Å². The Balaban J connectivity index is 2.79. The van der Waals surface area contributed by atoms with E-state index < -0.39 is 21.5 Å². The minimum Gasteiger partial charge on any atom is -0.358 e. The number of rotatable bonds is 5. The highest BCUT2D eigenvalue weighted by atomic mass is 32.2. The Bertz CT molecular complexity index is 499. The van der Waals surface area contributed by atoms with E-state index in [1.807, 2.05) is 0 Å². The molecule has 0 radical (unpaired) electrons. The van der Waals surface area contributed by atoms with Gasteiger partial charge in [-0.15, -0.1) is 0 Å². The topological polar surface area (TPSA) is 102 Å². The Morgan fingerprint density at radius 3 is 2.82 bits per heavy atom. The summed E-state index contributed by atoms with van der Waals surface area (Å²) in [6.45, 7) is 0.253. The summed E-state index contributed by atoms with van der Waals surface area (Å²) in [5.74, 6) is -1.21. The fourth-order valence-corrected chi connectivity index (χ4v) is 2.64. The standard InChI is InChI=1S/C10H15N3O3S/c1-12-10(14)7-17(15,16)6-8-2-3-13-9(4-8)5-11/h2-4H,5-7,11H2,1H3,(H,12,14). The summed E-state index contributed by atoms with van der Waals surface area (Å²) in [7, 11) is -2.05. The second-order valence-corrected chi connectivity index (χ2v) is 5.63. The third-order valence-corrected chi connectivity index (χ3v) is 3.58. The Hall–Kier alpha value is -1.47. The zero-order valence-electron chi connectivity index (χ0n) is 9.51. The van der Waals surface area contributed by atoms with Crippen molar-refractivity contribution in [2.24, 2.45) is 5.73 Å². The van der Waals surface area contributed by atoms with Gasteiger partial charge in [0.25, 0.3) is 0 Å². The van der Waals surface area contributed by atoms with Gasteiger partial charge in [0.2, 0.25) is 5.91 Å². The Labute approximate surface area is 100 Å². The van der Waals surface area contributed by atoms with Crippen LogP contribution in [0, 0.1) is 0 Å². The molecule has 1 heterocycles. The number of hydrogen-bond donors (Lipinski definition) is 2. The predicted molar refractivity (Wildman–Crippen MR) is 63.7 cm³/mol. The number of carbonyl (C=O) groups is 1. The smallest absolute Gasteiger partial charge is 0.234 e. The molecule has 0 aromatic carbocycles. The van der Waals surface area contributed by atoms with Gasteiger partial charge in [-0.1, -0.05) is 0 Å². The minimum absolute atomic E-state index is 0.185. The summed E-state index contributed by atoms with van der Waals surface area (Å²) in [6.07, 6.45) is 1.51. The van der Waals surface area contributed by atoms with Crippen molar-refractivity contribution in [1.82, 2.24) is 10.3 Å². The lowest BCUT2D eigenvalue weighted by Crippen LogP contribution is -2.27. The Morgan fingerprint density at radius 1 is 1.53 bits per heavy atom. The van der Waals surface area contributed by atoms with E-state index in [9.17, 15) is 13.2 Å². The molecule has 0 aliphatic rings. The molecule has 94 valence electrons. The molecule has 0 atom stereocenters. The number of pyridine rings is 1. The van der Waals surface area contributed by atoms with Gasteiger partial charge in [-0.2, -0.15) is 0 Å². The zero-order valence-corrected chi connectivity index (χ0v) is 10.3. The summed E-state index contributed by atoms with van der Waals surface area (Å²) < 4.78 is 23.3. The van der Waals surface area contributed by atoms with Gasteiger partial charge < -0.3 is 11.1 Å². The molecule has 3 N–H and O–H groups in total. The average Bonchev–Trinajstić information content (AvgIpc) is 2.27. The maximum Gasteiger partial charge on any atom is 0.234 e. The average molecular weight is 257 g/mol. The lowest BCUT2D eigenvalue weighted by atomic mass is 10.2. The van der Waals surface area contributed by atoms with E-state index in [1.165, 1.54) is 13.2 Å². The first kappa shape index (κ1) is 13.6. The Kier molecular flexibility index (Phi) is 4.59. The van der Waals surface area contributed by atoms with Crippen molar-refractivity contribution in [2.45, 2.75) is 12.3 Å². The monoisotopic (exact) mass is 257 g/mol. The first-order chi connectivity index (χ1) is 7.96. The highest BCUT2D eigenvalue weighted by molar-refractivity contribution is 7.91. The summed E-state index contributed by atoms with van der Waals surface area (Å²) in [4.78, 5) is 15.0. The van der Waals surface area contributed by atoms with Gasteiger partial charge in [0.15, 0.2) is 9.84 Å². The number of carbonyl (C=O) groups excluding carboxylic acids is 1. The van der Waals surface area contributed by atoms with Crippen LogP contribution >= 0.6 is 0 Å². The van der Waals surface area contributed by atoms with E-state index in [0.29, 0.717) is 11.3 Å².